The molecule has 5 heteroatoms. The summed E-state index contributed by atoms with van der Waals surface area (Å²) in [6, 6.07) is 38.3. The van der Waals surface area contributed by atoms with Crippen LogP contribution in [0.2, 0.25) is 0 Å². The van der Waals surface area contributed by atoms with Gasteiger partial charge in [0.1, 0.15) is 0 Å². The molecule has 0 radical (unpaired) electrons. The number of rotatable bonds is 4. The van der Waals surface area contributed by atoms with Crippen molar-refractivity contribution < 1.29 is 0 Å². The zero-order valence-electron chi connectivity index (χ0n) is 23.7. The molecular formula is C38H26N4S. The highest BCUT2D eigenvalue weighted by molar-refractivity contribution is 7.99. The lowest BCUT2D eigenvalue weighted by Gasteiger charge is -2.12. The molecular weight excluding hydrogens is 545 g/mol. The first-order chi connectivity index (χ1) is 21.1. The Kier molecular flexibility index (Phi) is 6.12. The van der Waals surface area contributed by atoms with Gasteiger partial charge in [0, 0.05) is 54.9 Å². The fourth-order valence-electron chi connectivity index (χ4n) is 5.86. The van der Waals surface area contributed by atoms with Crippen molar-refractivity contribution in [2.75, 3.05) is 0 Å². The number of hydrogen-bond acceptors (Lipinski definition) is 5. The summed E-state index contributed by atoms with van der Waals surface area (Å²) in [5, 5.41) is 4.41. The highest BCUT2D eigenvalue weighted by atomic mass is 32.2. The number of fused-ring (bicyclic) bond motifs is 6. The molecule has 8 aromatic rings. The molecule has 4 heterocycles. The Hall–Kier alpha value is -5.13. The molecule has 4 aromatic carbocycles. The molecule has 204 valence electrons. The third kappa shape index (κ3) is 4.59. The van der Waals surface area contributed by atoms with Gasteiger partial charge in [-0.2, -0.15) is 0 Å². The Bertz CT molecular complexity index is 2200. The molecule has 8 rings (SSSR count). The van der Waals surface area contributed by atoms with Crippen molar-refractivity contribution in [3.05, 3.63) is 133 Å². The highest BCUT2D eigenvalue weighted by Gasteiger charge is 2.12. The molecule has 0 saturated heterocycles. The van der Waals surface area contributed by atoms with Gasteiger partial charge in [-0.3, -0.25) is 9.97 Å². The Morgan fingerprint density at radius 2 is 0.860 bits per heavy atom. The molecule has 0 saturated carbocycles. The molecule has 43 heavy (non-hydrogen) atoms. The Labute approximate surface area is 253 Å². The van der Waals surface area contributed by atoms with E-state index in [-0.39, 0.29) is 0 Å². The first kappa shape index (κ1) is 25.6. The average Bonchev–Trinajstić information content (AvgIpc) is 3.04. The van der Waals surface area contributed by atoms with Crippen LogP contribution < -0.4 is 0 Å². The Morgan fingerprint density at radius 3 is 1.30 bits per heavy atom. The van der Waals surface area contributed by atoms with Crippen LogP contribution in [-0.4, -0.2) is 19.9 Å². The quantitative estimate of drug-likeness (QED) is 0.197. The van der Waals surface area contributed by atoms with E-state index in [0.717, 1.165) is 66.1 Å². The molecule has 4 aromatic heterocycles. The van der Waals surface area contributed by atoms with Crippen molar-refractivity contribution in [2.24, 2.45) is 0 Å². The van der Waals surface area contributed by atoms with Crippen LogP contribution in [0.15, 0.2) is 131 Å². The van der Waals surface area contributed by atoms with Crippen LogP contribution in [0.4, 0.5) is 0 Å². The SMILES string of the molecule is Cc1cc(Sc2ccc(-c3ccc4ccc5cccnc5c4n3)c(C)c2)ccc1-c1ccc2ccc3cccnc3c2n1. The zero-order valence-corrected chi connectivity index (χ0v) is 24.6. The van der Waals surface area contributed by atoms with E-state index in [0.29, 0.717) is 0 Å². The first-order valence-electron chi connectivity index (χ1n) is 14.3. The largest absolute Gasteiger partial charge is 0.254 e. The van der Waals surface area contributed by atoms with Crippen molar-refractivity contribution >= 4 is 55.4 Å². The van der Waals surface area contributed by atoms with Gasteiger partial charge < -0.3 is 0 Å². The fourth-order valence-corrected chi connectivity index (χ4v) is 6.87. The van der Waals surface area contributed by atoms with Crippen molar-refractivity contribution in [3.8, 4) is 22.5 Å². The average molecular weight is 571 g/mol. The maximum atomic E-state index is 5.05. The molecule has 0 bridgehead atoms. The Balaban J connectivity index is 1.09. The van der Waals surface area contributed by atoms with E-state index in [4.69, 9.17) is 9.97 Å². The summed E-state index contributed by atoms with van der Waals surface area (Å²) in [5.41, 5.74) is 10.3. The van der Waals surface area contributed by atoms with E-state index in [2.05, 4.69) is 121 Å². The lowest BCUT2D eigenvalue weighted by molar-refractivity contribution is 1.29. The van der Waals surface area contributed by atoms with E-state index in [1.54, 1.807) is 11.8 Å². The zero-order chi connectivity index (χ0) is 28.9. The molecule has 4 nitrogen and oxygen atoms in total. The molecule has 0 amide bonds. The fraction of sp³-hybridized carbons (Fsp3) is 0.0526. The predicted molar refractivity (Wildman–Crippen MR) is 179 cm³/mol. The van der Waals surface area contributed by atoms with E-state index in [1.807, 2.05) is 24.5 Å². The van der Waals surface area contributed by atoms with Gasteiger partial charge in [-0.05, 0) is 73.5 Å². The molecule has 0 spiro atoms. The first-order valence-corrected chi connectivity index (χ1v) is 15.1. The van der Waals surface area contributed by atoms with Crippen LogP contribution in [0.1, 0.15) is 11.1 Å². The molecule has 0 aliphatic rings. The lowest BCUT2D eigenvalue weighted by atomic mass is 10.0. The van der Waals surface area contributed by atoms with Crippen LogP contribution >= 0.6 is 11.8 Å². The van der Waals surface area contributed by atoms with Gasteiger partial charge >= 0.3 is 0 Å². The van der Waals surface area contributed by atoms with E-state index in [9.17, 15) is 0 Å². The van der Waals surface area contributed by atoms with Gasteiger partial charge in [-0.15, -0.1) is 0 Å². The van der Waals surface area contributed by atoms with Crippen LogP contribution in [0, 0.1) is 13.8 Å². The van der Waals surface area contributed by atoms with Crippen molar-refractivity contribution in [1.29, 1.82) is 0 Å². The van der Waals surface area contributed by atoms with E-state index < -0.39 is 0 Å². The second-order valence-corrected chi connectivity index (χ2v) is 12.0. The van der Waals surface area contributed by atoms with Gasteiger partial charge in [0.25, 0.3) is 0 Å². The molecule has 0 aliphatic heterocycles. The summed E-state index contributed by atoms with van der Waals surface area (Å²) in [7, 11) is 0. The summed E-state index contributed by atoms with van der Waals surface area (Å²) < 4.78 is 0. The smallest absolute Gasteiger partial charge is 0.0972 e. The number of nitrogens with zero attached hydrogens (tertiary/aromatic N) is 4. The molecule has 0 unspecified atom stereocenters. The molecule has 0 N–H and O–H groups in total. The van der Waals surface area contributed by atoms with Gasteiger partial charge in [0.15, 0.2) is 0 Å². The van der Waals surface area contributed by atoms with Crippen LogP contribution in [0.3, 0.4) is 0 Å². The third-order valence-electron chi connectivity index (χ3n) is 8.05. The number of aryl methyl sites for hydroxylation is 2. The summed E-state index contributed by atoms with van der Waals surface area (Å²) in [6.07, 6.45) is 3.67. The van der Waals surface area contributed by atoms with Gasteiger partial charge in [0.2, 0.25) is 0 Å². The monoisotopic (exact) mass is 570 g/mol. The third-order valence-corrected chi connectivity index (χ3v) is 9.03. The maximum absolute atomic E-state index is 5.05. The number of hydrogen-bond donors (Lipinski definition) is 0. The minimum Gasteiger partial charge on any atom is -0.254 e. The highest BCUT2D eigenvalue weighted by Crippen LogP contribution is 2.35. The Morgan fingerprint density at radius 1 is 0.442 bits per heavy atom. The van der Waals surface area contributed by atoms with Crippen molar-refractivity contribution in [2.45, 2.75) is 23.6 Å². The number of aromatic nitrogens is 4. The second-order valence-electron chi connectivity index (χ2n) is 10.9. The summed E-state index contributed by atoms with van der Waals surface area (Å²) in [5.74, 6) is 0. The van der Waals surface area contributed by atoms with Gasteiger partial charge in [-0.1, -0.05) is 72.4 Å². The minimum absolute atomic E-state index is 0.939. The maximum Gasteiger partial charge on any atom is 0.0972 e. The normalized spacial score (nSPS) is 11.6. The van der Waals surface area contributed by atoms with Crippen LogP contribution in [0.5, 0.6) is 0 Å². The predicted octanol–water partition coefficient (Wildman–Crippen LogP) is 9.98. The summed E-state index contributed by atoms with van der Waals surface area (Å²) >= 11 is 1.77. The van der Waals surface area contributed by atoms with E-state index in [1.165, 1.54) is 20.9 Å². The molecule has 0 atom stereocenters. The van der Waals surface area contributed by atoms with Crippen LogP contribution in [-0.2, 0) is 0 Å². The second kappa shape index (κ2) is 10.3. The molecule has 0 aliphatic carbocycles. The summed E-state index contributed by atoms with van der Waals surface area (Å²) in [6.45, 7) is 4.32. The van der Waals surface area contributed by atoms with E-state index >= 15 is 0 Å². The standard InChI is InChI=1S/C38H26N4S/c1-23-21-29(13-15-31(23)33-17-11-27-9-7-25-5-3-19-39-35(25)37(27)41-33)43-30-14-16-32(24(2)22-30)34-18-12-28-10-8-26-6-4-20-40-36(26)38(28)42-34/h3-22H,1-2H3. The lowest BCUT2D eigenvalue weighted by Crippen LogP contribution is -1.91. The van der Waals surface area contributed by atoms with Gasteiger partial charge in [0.05, 0.1) is 33.5 Å². The number of benzene rings is 4. The number of pyridine rings is 4. The topological polar surface area (TPSA) is 51.6 Å². The minimum atomic E-state index is 0.939. The molecule has 0 fully saturated rings. The van der Waals surface area contributed by atoms with Gasteiger partial charge in [-0.25, -0.2) is 9.97 Å². The van der Waals surface area contributed by atoms with Crippen LogP contribution in [0.25, 0.3) is 66.1 Å². The van der Waals surface area contributed by atoms with Crippen molar-refractivity contribution in [3.63, 3.8) is 0 Å². The summed E-state index contributed by atoms with van der Waals surface area (Å²) in [4.78, 5) is 21.7. The van der Waals surface area contributed by atoms with Crippen molar-refractivity contribution in [1.82, 2.24) is 19.9 Å².